The predicted octanol–water partition coefficient (Wildman–Crippen LogP) is 4.83. The highest BCUT2D eigenvalue weighted by atomic mass is 16.5. The lowest BCUT2D eigenvalue weighted by atomic mass is 9.99. The van der Waals surface area contributed by atoms with E-state index in [4.69, 9.17) is 20.4 Å². The minimum Gasteiger partial charge on any atom is -0.402 e. The van der Waals surface area contributed by atoms with Crippen molar-refractivity contribution in [3.8, 4) is 11.4 Å². The number of morpholine rings is 1. The third kappa shape index (κ3) is 7.55. The number of fused-ring (bicyclic) bond motifs is 1. The molecule has 12 heteroatoms. The van der Waals surface area contributed by atoms with Crippen molar-refractivity contribution in [1.82, 2.24) is 19.8 Å². The van der Waals surface area contributed by atoms with Crippen LogP contribution in [-0.4, -0.2) is 97.0 Å². The van der Waals surface area contributed by atoms with Crippen molar-refractivity contribution >= 4 is 51.4 Å². The normalized spacial score (nSPS) is 16.9. The summed E-state index contributed by atoms with van der Waals surface area (Å²) >= 11 is 0. The molecule has 0 aliphatic carbocycles. The maximum atomic E-state index is 12.9. The van der Waals surface area contributed by atoms with Gasteiger partial charge in [-0.25, -0.2) is 14.8 Å². The van der Waals surface area contributed by atoms with Crippen LogP contribution in [0.3, 0.4) is 0 Å². The van der Waals surface area contributed by atoms with Crippen molar-refractivity contribution in [1.29, 1.82) is 0 Å². The summed E-state index contributed by atoms with van der Waals surface area (Å²) in [6.07, 6.45) is 0.959. The number of hydrogen-bond donors (Lipinski definition) is 3. The van der Waals surface area contributed by atoms with Gasteiger partial charge in [0.1, 0.15) is 5.82 Å². The number of benzene rings is 3. The third-order valence-electron chi connectivity index (χ3n) is 8.99. The van der Waals surface area contributed by atoms with Crippen LogP contribution in [0.4, 0.5) is 22.0 Å². The summed E-state index contributed by atoms with van der Waals surface area (Å²) in [7, 11) is 4.07. The molecule has 0 bridgehead atoms. The van der Waals surface area contributed by atoms with E-state index in [1.165, 1.54) is 6.92 Å². The number of rotatable bonds is 8. The van der Waals surface area contributed by atoms with Gasteiger partial charge in [0.05, 0.1) is 18.7 Å². The number of carbonyl (C=O) groups excluding carboxylic acids is 3. The molecule has 1 unspecified atom stereocenters. The van der Waals surface area contributed by atoms with Gasteiger partial charge in [-0.15, -0.1) is 0 Å². The zero-order valence-corrected chi connectivity index (χ0v) is 28.3. The number of carbonyl (C=O) groups is 3. The molecule has 3 aromatic carbocycles. The number of Topliss-reactive ketones (excluding diaryl/α,β-unsaturated/α-hetero) is 1. The van der Waals surface area contributed by atoms with E-state index in [2.05, 4.69) is 20.4 Å². The fraction of sp³-hybridized carbons (Fsp3) is 0.324. The van der Waals surface area contributed by atoms with Gasteiger partial charge >= 0.3 is 6.03 Å². The van der Waals surface area contributed by atoms with Crippen molar-refractivity contribution in [2.75, 3.05) is 69.0 Å². The summed E-state index contributed by atoms with van der Waals surface area (Å²) < 4.78 is 5.58. The first-order valence-electron chi connectivity index (χ1n) is 16.4. The summed E-state index contributed by atoms with van der Waals surface area (Å²) in [4.78, 5) is 54.2. The Morgan fingerprint density at radius 1 is 0.857 bits per heavy atom. The van der Waals surface area contributed by atoms with E-state index in [0.29, 0.717) is 84.0 Å². The number of ether oxygens (including phenoxy) is 1. The lowest BCUT2D eigenvalue weighted by Crippen LogP contribution is -2.37. The van der Waals surface area contributed by atoms with E-state index >= 15 is 0 Å². The second-order valence-electron chi connectivity index (χ2n) is 12.7. The van der Waals surface area contributed by atoms with Crippen LogP contribution in [0.5, 0.6) is 0 Å². The number of nitrogens with two attached hydrogens (primary N) is 1. The number of hydrogen-bond acceptors (Lipinski definition) is 9. The van der Waals surface area contributed by atoms with Gasteiger partial charge in [0.15, 0.2) is 11.6 Å². The number of urea groups is 1. The van der Waals surface area contributed by atoms with Crippen LogP contribution in [0, 0.1) is 0 Å². The summed E-state index contributed by atoms with van der Waals surface area (Å²) in [5.74, 6) is 1.19. The summed E-state index contributed by atoms with van der Waals surface area (Å²) in [5.41, 5.74) is 10.9. The maximum Gasteiger partial charge on any atom is 0.323 e. The molecule has 0 radical (unpaired) electrons. The molecule has 2 saturated heterocycles. The van der Waals surface area contributed by atoms with Crippen LogP contribution in [0.2, 0.25) is 0 Å². The van der Waals surface area contributed by atoms with Gasteiger partial charge < -0.3 is 35.8 Å². The highest BCUT2D eigenvalue weighted by molar-refractivity contribution is 6.20. The SMILES string of the molecule is CC(=O)C(=C(C)N)c1ccc2c(N3CCOCC3)nc(-c3ccc(NC(=O)Nc4ccc(C(=O)N5CCC(N(C)C)C5)cc4)cc3)nc2c1. The van der Waals surface area contributed by atoms with Crippen LogP contribution in [0.1, 0.15) is 36.2 Å². The van der Waals surface area contributed by atoms with Crippen LogP contribution >= 0.6 is 0 Å². The fourth-order valence-corrected chi connectivity index (χ4v) is 6.34. The van der Waals surface area contributed by atoms with E-state index in [0.717, 1.165) is 29.7 Å². The Hall–Kier alpha value is -5.33. The molecule has 3 heterocycles. The lowest BCUT2D eigenvalue weighted by Gasteiger charge is -2.29. The first-order chi connectivity index (χ1) is 23.6. The summed E-state index contributed by atoms with van der Waals surface area (Å²) in [6, 6.07) is 19.9. The number of aromatic nitrogens is 2. The van der Waals surface area contributed by atoms with E-state index in [9.17, 15) is 14.4 Å². The summed E-state index contributed by atoms with van der Waals surface area (Å²) in [5, 5.41) is 6.56. The van der Waals surface area contributed by atoms with Gasteiger partial charge in [-0.2, -0.15) is 0 Å². The second kappa shape index (κ2) is 14.4. The molecule has 2 aliphatic heterocycles. The molecular formula is C37H42N8O4. The van der Waals surface area contributed by atoms with E-state index < -0.39 is 6.03 Å². The van der Waals surface area contributed by atoms with Crippen LogP contribution in [0.25, 0.3) is 27.9 Å². The largest absolute Gasteiger partial charge is 0.402 e. The molecular weight excluding hydrogens is 620 g/mol. The standard InChI is InChI=1S/C37H42N8O4/c1-23(38)33(24(2)46)27-9-14-31-32(21-27)41-34(42-35(31)44-17-19-49-20-18-44)25-5-10-28(11-6-25)39-37(48)40-29-12-7-26(8-13-29)36(47)45-16-15-30(22-45)43(3)4/h5-14,21,30H,15-20,22,38H2,1-4H3,(H2,39,40,48). The molecule has 1 aromatic heterocycles. The smallest absolute Gasteiger partial charge is 0.323 e. The monoisotopic (exact) mass is 662 g/mol. The first-order valence-corrected chi connectivity index (χ1v) is 16.4. The van der Waals surface area contributed by atoms with Crippen LogP contribution in [0.15, 0.2) is 72.4 Å². The van der Waals surface area contributed by atoms with Crippen LogP contribution in [-0.2, 0) is 9.53 Å². The van der Waals surface area contributed by atoms with Crippen molar-refractivity contribution in [2.24, 2.45) is 5.73 Å². The number of anilines is 3. The topological polar surface area (TPSA) is 146 Å². The molecule has 254 valence electrons. The van der Waals surface area contributed by atoms with Crippen molar-refractivity contribution in [3.05, 3.63) is 83.6 Å². The van der Waals surface area contributed by atoms with Gasteiger partial charge in [0, 0.05) is 71.4 Å². The first kappa shape index (κ1) is 33.6. The summed E-state index contributed by atoms with van der Waals surface area (Å²) in [6.45, 7) is 7.26. The molecule has 6 rings (SSSR count). The van der Waals surface area contributed by atoms with Crippen molar-refractivity contribution in [2.45, 2.75) is 26.3 Å². The van der Waals surface area contributed by atoms with Gasteiger partial charge in [-0.1, -0.05) is 6.07 Å². The number of amides is 3. The molecule has 0 saturated carbocycles. The lowest BCUT2D eigenvalue weighted by molar-refractivity contribution is -0.111. The molecule has 4 N–H and O–H groups in total. The average molecular weight is 663 g/mol. The molecule has 2 fully saturated rings. The number of allylic oxidation sites excluding steroid dienone is 2. The Bertz CT molecular complexity index is 1900. The molecule has 12 nitrogen and oxygen atoms in total. The third-order valence-corrected chi connectivity index (χ3v) is 8.99. The van der Waals surface area contributed by atoms with E-state index in [1.807, 2.05) is 49.3 Å². The van der Waals surface area contributed by atoms with E-state index in [-0.39, 0.29) is 11.7 Å². The Morgan fingerprint density at radius 2 is 1.49 bits per heavy atom. The van der Waals surface area contributed by atoms with E-state index in [1.54, 1.807) is 43.3 Å². The minimum absolute atomic E-state index is 0.00311. The minimum atomic E-state index is -0.409. The molecule has 1 atom stereocenters. The number of likely N-dealkylation sites (N-methyl/N-ethyl adjacent to an activating group) is 1. The van der Waals surface area contributed by atoms with Gasteiger partial charge in [0.2, 0.25) is 0 Å². The second-order valence-corrected chi connectivity index (χ2v) is 12.7. The fourth-order valence-electron chi connectivity index (χ4n) is 6.34. The zero-order valence-electron chi connectivity index (χ0n) is 28.3. The number of nitrogens with zero attached hydrogens (tertiary/aromatic N) is 5. The molecule has 4 aromatic rings. The number of ketones is 1. The van der Waals surface area contributed by atoms with Gasteiger partial charge in [0.25, 0.3) is 5.91 Å². The highest BCUT2D eigenvalue weighted by Crippen LogP contribution is 2.31. The van der Waals surface area contributed by atoms with Crippen LogP contribution < -0.4 is 21.3 Å². The molecule has 2 aliphatic rings. The quantitative estimate of drug-likeness (QED) is 0.226. The zero-order chi connectivity index (χ0) is 34.7. The molecule has 3 amide bonds. The number of likely N-dealkylation sites (tertiary alicyclic amines) is 1. The molecule has 49 heavy (non-hydrogen) atoms. The Kier molecular flexibility index (Phi) is 9.88. The Labute approximate surface area is 285 Å². The Morgan fingerprint density at radius 3 is 2.08 bits per heavy atom. The van der Waals surface area contributed by atoms with Crippen molar-refractivity contribution in [3.63, 3.8) is 0 Å². The predicted molar refractivity (Wildman–Crippen MR) is 193 cm³/mol. The highest BCUT2D eigenvalue weighted by Gasteiger charge is 2.28. The van der Waals surface area contributed by atoms with Gasteiger partial charge in [-0.05, 0) is 101 Å². The Balaban J connectivity index is 1.17. The molecule has 0 spiro atoms. The van der Waals surface area contributed by atoms with Crippen molar-refractivity contribution < 1.29 is 19.1 Å². The van der Waals surface area contributed by atoms with Gasteiger partial charge in [-0.3, -0.25) is 9.59 Å². The maximum absolute atomic E-state index is 12.9. The number of nitrogens with one attached hydrogen (secondary N) is 2. The average Bonchev–Trinajstić information content (AvgIpc) is 3.59.